The predicted molar refractivity (Wildman–Crippen MR) is 61.7 cm³/mol. The lowest BCUT2D eigenvalue weighted by atomic mass is 10.3. The van der Waals surface area contributed by atoms with Crippen molar-refractivity contribution in [2.75, 3.05) is 30.3 Å². The lowest BCUT2D eigenvalue weighted by Crippen LogP contribution is -2.31. The van der Waals surface area contributed by atoms with E-state index in [9.17, 15) is 22.0 Å². The summed E-state index contributed by atoms with van der Waals surface area (Å²) >= 11 is 0. The molecular weight excluding hydrogens is 287 g/mol. The average molecular weight is 300 g/mol. The van der Waals surface area contributed by atoms with E-state index >= 15 is 0 Å². The highest BCUT2D eigenvalue weighted by Gasteiger charge is 2.34. The van der Waals surface area contributed by atoms with Crippen LogP contribution in [0.15, 0.2) is 6.07 Å². The van der Waals surface area contributed by atoms with E-state index in [4.69, 9.17) is 5.11 Å². The zero-order valence-corrected chi connectivity index (χ0v) is 10.4. The topological polar surface area (TPSA) is 70.1 Å². The van der Waals surface area contributed by atoms with Gasteiger partial charge in [0.1, 0.15) is 12.4 Å². The van der Waals surface area contributed by atoms with Gasteiger partial charge in [0.15, 0.2) is 5.69 Å². The Bertz CT molecular complexity index is 452. The molecule has 1 aromatic rings. The molecule has 0 bridgehead atoms. The quantitative estimate of drug-likeness (QED) is 0.701. The van der Waals surface area contributed by atoms with Crippen LogP contribution in [-0.2, 0) is 6.18 Å². The molecule has 1 heterocycles. The second-order valence-electron chi connectivity index (χ2n) is 3.86. The Morgan fingerprint density at radius 1 is 1.15 bits per heavy atom. The first-order valence-electron chi connectivity index (χ1n) is 5.60. The molecular formula is C10H13F5N4O. The van der Waals surface area contributed by atoms with E-state index in [0.717, 1.165) is 0 Å². The summed E-state index contributed by atoms with van der Waals surface area (Å²) in [7, 11) is 0. The third kappa shape index (κ3) is 4.76. The smallest absolute Gasteiger partial charge is 0.390 e. The van der Waals surface area contributed by atoms with Crippen molar-refractivity contribution in [2.24, 2.45) is 0 Å². The lowest BCUT2D eigenvalue weighted by molar-refractivity contribution is -0.141. The van der Waals surface area contributed by atoms with Gasteiger partial charge in [0.2, 0.25) is 5.95 Å². The summed E-state index contributed by atoms with van der Waals surface area (Å²) in [6, 6.07) is 0.522. The fourth-order valence-corrected chi connectivity index (χ4v) is 1.20. The molecule has 1 rings (SSSR count). The maximum Gasteiger partial charge on any atom is 0.433 e. The molecule has 0 amide bonds. The van der Waals surface area contributed by atoms with Crippen molar-refractivity contribution >= 4 is 11.8 Å². The van der Waals surface area contributed by atoms with Crippen LogP contribution in [0.2, 0.25) is 0 Å². The van der Waals surface area contributed by atoms with E-state index in [-0.39, 0.29) is 12.5 Å². The second kappa shape index (κ2) is 6.16. The molecule has 3 N–H and O–H groups in total. The maximum atomic E-state index is 12.8. The molecule has 0 spiro atoms. The van der Waals surface area contributed by atoms with Crippen LogP contribution in [0.3, 0.4) is 0 Å². The number of halogens is 5. The minimum Gasteiger partial charge on any atom is -0.390 e. The third-order valence-corrected chi connectivity index (χ3v) is 2.11. The standard InChI is InChI=1S/C10H13F5N4O/c1-2-16-8-18-6(10(13,14)15)3-7(19-8)17-4-9(11,12)5-20/h3,20H,2,4-5H2,1H3,(H2,16,17,18,19). The highest BCUT2D eigenvalue weighted by Crippen LogP contribution is 2.29. The maximum absolute atomic E-state index is 12.8. The number of nitrogens with zero attached hydrogens (tertiary/aromatic N) is 2. The number of aromatic nitrogens is 2. The number of nitrogens with one attached hydrogen (secondary N) is 2. The number of hydrogen-bond donors (Lipinski definition) is 3. The van der Waals surface area contributed by atoms with E-state index < -0.39 is 36.8 Å². The van der Waals surface area contributed by atoms with Crippen LogP contribution in [0.25, 0.3) is 0 Å². The molecule has 0 aliphatic heterocycles. The molecule has 0 radical (unpaired) electrons. The summed E-state index contributed by atoms with van der Waals surface area (Å²) in [4.78, 5) is 6.86. The van der Waals surface area contributed by atoms with Crippen molar-refractivity contribution in [1.29, 1.82) is 0 Å². The van der Waals surface area contributed by atoms with Gasteiger partial charge in [-0.2, -0.15) is 18.2 Å². The van der Waals surface area contributed by atoms with E-state index in [0.29, 0.717) is 6.07 Å². The Kier molecular flexibility index (Phi) is 5.03. The summed E-state index contributed by atoms with van der Waals surface area (Å²) in [6.07, 6.45) is -4.72. The number of anilines is 2. The number of alkyl halides is 5. The van der Waals surface area contributed by atoms with E-state index in [1.807, 2.05) is 5.32 Å². The van der Waals surface area contributed by atoms with Crippen LogP contribution in [0.1, 0.15) is 12.6 Å². The normalized spacial score (nSPS) is 12.3. The molecule has 0 aliphatic carbocycles. The van der Waals surface area contributed by atoms with Crippen LogP contribution < -0.4 is 10.6 Å². The van der Waals surface area contributed by atoms with Gasteiger partial charge in [0.25, 0.3) is 5.92 Å². The monoisotopic (exact) mass is 300 g/mol. The Balaban J connectivity index is 2.97. The van der Waals surface area contributed by atoms with Gasteiger partial charge >= 0.3 is 6.18 Å². The minimum absolute atomic E-state index is 0.271. The molecule has 0 saturated heterocycles. The van der Waals surface area contributed by atoms with Gasteiger partial charge in [-0.15, -0.1) is 0 Å². The minimum atomic E-state index is -4.72. The fourth-order valence-electron chi connectivity index (χ4n) is 1.20. The van der Waals surface area contributed by atoms with Crippen LogP contribution in [0.5, 0.6) is 0 Å². The molecule has 0 unspecified atom stereocenters. The molecule has 0 aliphatic rings. The zero-order chi connectivity index (χ0) is 15.4. The molecule has 0 fully saturated rings. The molecule has 20 heavy (non-hydrogen) atoms. The molecule has 114 valence electrons. The zero-order valence-electron chi connectivity index (χ0n) is 10.4. The number of rotatable bonds is 6. The van der Waals surface area contributed by atoms with Crippen LogP contribution in [0, 0.1) is 0 Å². The second-order valence-corrected chi connectivity index (χ2v) is 3.86. The average Bonchev–Trinajstić information content (AvgIpc) is 2.36. The number of hydrogen-bond acceptors (Lipinski definition) is 5. The van der Waals surface area contributed by atoms with Crippen molar-refractivity contribution in [3.8, 4) is 0 Å². The van der Waals surface area contributed by atoms with Crippen LogP contribution in [0.4, 0.5) is 33.7 Å². The van der Waals surface area contributed by atoms with Crippen molar-refractivity contribution in [3.05, 3.63) is 11.8 Å². The molecule has 0 atom stereocenters. The Hall–Kier alpha value is -1.71. The van der Waals surface area contributed by atoms with Gasteiger partial charge in [-0.1, -0.05) is 0 Å². The van der Waals surface area contributed by atoms with Crippen LogP contribution >= 0.6 is 0 Å². The summed E-state index contributed by atoms with van der Waals surface area (Å²) in [6.45, 7) is -0.565. The van der Waals surface area contributed by atoms with Gasteiger partial charge in [0, 0.05) is 12.6 Å². The van der Waals surface area contributed by atoms with Gasteiger partial charge in [0.05, 0.1) is 6.54 Å². The van der Waals surface area contributed by atoms with Gasteiger partial charge in [-0.25, -0.2) is 13.8 Å². The number of aliphatic hydroxyl groups is 1. The van der Waals surface area contributed by atoms with Crippen molar-refractivity contribution < 1.29 is 27.1 Å². The highest BCUT2D eigenvalue weighted by molar-refractivity contribution is 5.43. The first-order valence-corrected chi connectivity index (χ1v) is 5.60. The van der Waals surface area contributed by atoms with E-state index in [2.05, 4.69) is 15.3 Å². The van der Waals surface area contributed by atoms with Gasteiger partial charge in [-0.3, -0.25) is 0 Å². The molecule has 0 aromatic carbocycles. The summed E-state index contributed by atoms with van der Waals surface area (Å²) < 4.78 is 63.4. The van der Waals surface area contributed by atoms with Crippen molar-refractivity contribution in [2.45, 2.75) is 19.0 Å². The molecule has 10 heteroatoms. The van der Waals surface area contributed by atoms with Crippen molar-refractivity contribution in [1.82, 2.24) is 9.97 Å². The lowest BCUT2D eigenvalue weighted by Gasteiger charge is -2.16. The Morgan fingerprint density at radius 2 is 1.80 bits per heavy atom. The van der Waals surface area contributed by atoms with Crippen molar-refractivity contribution in [3.63, 3.8) is 0 Å². The van der Waals surface area contributed by atoms with E-state index in [1.165, 1.54) is 0 Å². The molecule has 0 saturated carbocycles. The molecule has 5 nitrogen and oxygen atoms in total. The largest absolute Gasteiger partial charge is 0.433 e. The predicted octanol–water partition coefficient (Wildman–Crippen LogP) is 1.97. The fraction of sp³-hybridized carbons (Fsp3) is 0.600. The SMILES string of the molecule is CCNc1nc(NCC(F)(F)CO)cc(C(F)(F)F)n1. The summed E-state index contributed by atoms with van der Waals surface area (Å²) in [5.41, 5.74) is -1.25. The van der Waals surface area contributed by atoms with E-state index in [1.54, 1.807) is 6.92 Å². The summed E-state index contributed by atoms with van der Waals surface area (Å²) in [5.74, 6) is -4.18. The van der Waals surface area contributed by atoms with Gasteiger partial charge in [-0.05, 0) is 6.92 Å². The first-order chi connectivity index (χ1) is 9.18. The summed E-state index contributed by atoms with van der Waals surface area (Å²) in [5, 5.41) is 12.9. The molecule has 1 aromatic heterocycles. The number of aliphatic hydroxyl groups excluding tert-OH is 1. The Labute approximate surface area is 111 Å². The third-order valence-electron chi connectivity index (χ3n) is 2.11. The van der Waals surface area contributed by atoms with Crippen LogP contribution in [-0.4, -0.2) is 40.7 Å². The first kappa shape index (κ1) is 16.3. The highest BCUT2D eigenvalue weighted by atomic mass is 19.4. The Morgan fingerprint density at radius 3 is 2.30 bits per heavy atom. The van der Waals surface area contributed by atoms with Gasteiger partial charge < -0.3 is 15.7 Å².